The van der Waals surface area contributed by atoms with Crippen LogP contribution in [0.3, 0.4) is 0 Å². The Morgan fingerprint density at radius 2 is 1.91 bits per heavy atom. The van der Waals surface area contributed by atoms with Gasteiger partial charge in [-0.15, -0.1) is 0 Å². The summed E-state index contributed by atoms with van der Waals surface area (Å²) in [5.74, 6) is -0.119. The predicted molar refractivity (Wildman–Crippen MR) is 92.7 cm³/mol. The van der Waals surface area contributed by atoms with Gasteiger partial charge in [-0.2, -0.15) is 0 Å². The Balaban J connectivity index is 2.15. The molecule has 6 heteroatoms. The molecular formula is C17H13ClN4O. The van der Waals surface area contributed by atoms with Gasteiger partial charge in [-0.05, 0) is 24.3 Å². The molecule has 0 saturated carbocycles. The van der Waals surface area contributed by atoms with Gasteiger partial charge in [0.05, 0.1) is 16.9 Å². The van der Waals surface area contributed by atoms with Crippen molar-refractivity contribution in [3.05, 3.63) is 59.6 Å². The fraction of sp³-hybridized carbons (Fsp3) is 0. The van der Waals surface area contributed by atoms with E-state index < -0.39 is 0 Å². The van der Waals surface area contributed by atoms with Crippen molar-refractivity contribution < 1.29 is 4.79 Å². The average molecular weight is 325 g/mol. The van der Waals surface area contributed by atoms with Gasteiger partial charge in [-0.1, -0.05) is 41.9 Å². The topological polar surface area (TPSA) is 77.9 Å². The molecule has 0 fully saturated rings. The van der Waals surface area contributed by atoms with Gasteiger partial charge in [-0.25, -0.2) is 4.98 Å². The maximum atomic E-state index is 10.5. The van der Waals surface area contributed by atoms with E-state index in [0.29, 0.717) is 17.1 Å². The van der Waals surface area contributed by atoms with Crippen LogP contribution in [0.15, 0.2) is 54.6 Å². The number of hydrogen-bond donors (Lipinski definition) is 3. The van der Waals surface area contributed by atoms with Crippen LogP contribution in [0.1, 0.15) is 0 Å². The summed E-state index contributed by atoms with van der Waals surface area (Å²) in [6.07, 6.45) is 0.448. The minimum atomic E-state index is -0.119. The molecule has 1 amide bonds. The number of pyridine rings is 1. The van der Waals surface area contributed by atoms with Crippen LogP contribution in [-0.2, 0) is 4.79 Å². The SMILES string of the molecule is N=C(NC=O)Nc1cc(-c2ccccc2)nc2ccc(Cl)cc12. The summed E-state index contributed by atoms with van der Waals surface area (Å²) in [5.41, 5.74) is 3.12. The van der Waals surface area contributed by atoms with E-state index >= 15 is 0 Å². The Kier molecular flexibility index (Phi) is 4.21. The van der Waals surface area contributed by atoms with Crippen LogP contribution in [0.2, 0.25) is 5.02 Å². The Bertz CT molecular complexity index is 880. The van der Waals surface area contributed by atoms with Crippen LogP contribution in [0.4, 0.5) is 5.69 Å². The highest BCUT2D eigenvalue weighted by atomic mass is 35.5. The van der Waals surface area contributed by atoms with Crippen molar-refractivity contribution in [2.45, 2.75) is 0 Å². The smallest absolute Gasteiger partial charge is 0.213 e. The molecule has 3 rings (SSSR count). The number of rotatable bonds is 3. The molecule has 0 bridgehead atoms. The normalized spacial score (nSPS) is 10.3. The van der Waals surface area contributed by atoms with Crippen LogP contribution in [0, 0.1) is 5.41 Å². The zero-order chi connectivity index (χ0) is 16.2. The largest absolute Gasteiger partial charge is 0.325 e. The molecule has 3 aromatic rings. The summed E-state index contributed by atoms with van der Waals surface area (Å²) in [6.45, 7) is 0. The lowest BCUT2D eigenvalue weighted by Gasteiger charge is -2.12. The molecule has 5 nitrogen and oxygen atoms in total. The second-order valence-corrected chi connectivity index (χ2v) is 5.28. The van der Waals surface area contributed by atoms with E-state index in [1.807, 2.05) is 42.5 Å². The van der Waals surface area contributed by atoms with Crippen molar-refractivity contribution in [3.63, 3.8) is 0 Å². The average Bonchev–Trinajstić information content (AvgIpc) is 2.56. The van der Waals surface area contributed by atoms with Gasteiger partial charge in [0.25, 0.3) is 0 Å². The van der Waals surface area contributed by atoms with Crippen LogP contribution < -0.4 is 10.6 Å². The molecule has 2 aromatic carbocycles. The fourth-order valence-electron chi connectivity index (χ4n) is 2.29. The Morgan fingerprint density at radius 3 is 2.65 bits per heavy atom. The van der Waals surface area contributed by atoms with E-state index in [-0.39, 0.29) is 5.96 Å². The summed E-state index contributed by atoms with van der Waals surface area (Å²) in [7, 11) is 0. The van der Waals surface area contributed by atoms with Crippen molar-refractivity contribution in [1.29, 1.82) is 5.41 Å². The molecule has 0 atom stereocenters. The summed E-state index contributed by atoms with van der Waals surface area (Å²) in [6, 6.07) is 16.9. The van der Waals surface area contributed by atoms with Crippen molar-refractivity contribution in [2.24, 2.45) is 0 Å². The summed E-state index contributed by atoms with van der Waals surface area (Å²) in [4.78, 5) is 15.1. The predicted octanol–water partition coefficient (Wildman–Crippen LogP) is 3.65. The van der Waals surface area contributed by atoms with Gasteiger partial charge in [0.15, 0.2) is 5.96 Å². The number of anilines is 1. The maximum absolute atomic E-state index is 10.5. The maximum Gasteiger partial charge on any atom is 0.213 e. The number of halogens is 1. The molecule has 0 radical (unpaired) electrons. The molecule has 3 N–H and O–H groups in total. The van der Waals surface area contributed by atoms with E-state index in [1.54, 1.807) is 12.1 Å². The number of nitrogens with zero attached hydrogens (tertiary/aromatic N) is 1. The summed E-state index contributed by atoms with van der Waals surface area (Å²) in [5, 5.41) is 14.2. The highest BCUT2D eigenvalue weighted by molar-refractivity contribution is 6.31. The first-order chi connectivity index (χ1) is 11.2. The molecule has 1 aromatic heterocycles. The van der Waals surface area contributed by atoms with Crippen LogP contribution in [0.25, 0.3) is 22.2 Å². The standard InChI is InChI=1S/C17H13ClN4O/c18-12-6-7-14-13(8-12)16(22-17(19)20-10-23)9-15(21-14)11-4-2-1-3-5-11/h1-10H,(H3,19,20,21,22,23). The van der Waals surface area contributed by atoms with Gasteiger partial charge in [-0.3, -0.25) is 15.5 Å². The lowest BCUT2D eigenvalue weighted by Crippen LogP contribution is -2.28. The van der Waals surface area contributed by atoms with Crippen molar-refractivity contribution in [1.82, 2.24) is 10.3 Å². The van der Waals surface area contributed by atoms with Crippen LogP contribution >= 0.6 is 11.6 Å². The number of fused-ring (bicyclic) bond motifs is 1. The number of guanidine groups is 1. The first-order valence-electron chi connectivity index (χ1n) is 6.89. The van der Waals surface area contributed by atoms with Crippen LogP contribution in [0.5, 0.6) is 0 Å². The van der Waals surface area contributed by atoms with Gasteiger partial charge < -0.3 is 5.32 Å². The Labute approximate surface area is 137 Å². The van der Waals surface area contributed by atoms with Gasteiger partial charge in [0.1, 0.15) is 0 Å². The summed E-state index contributed by atoms with van der Waals surface area (Å²) >= 11 is 6.06. The lowest BCUT2D eigenvalue weighted by molar-refractivity contribution is -0.108. The van der Waals surface area contributed by atoms with E-state index in [4.69, 9.17) is 17.0 Å². The number of hydrogen-bond acceptors (Lipinski definition) is 3. The number of benzene rings is 2. The molecule has 1 heterocycles. The Morgan fingerprint density at radius 1 is 1.13 bits per heavy atom. The van der Waals surface area contributed by atoms with E-state index in [2.05, 4.69) is 15.6 Å². The van der Waals surface area contributed by atoms with Gasteiger partial charge in [0.2, 0.25) is 6.41 Å². The zero-order valence-corrected chi connectivity index (χ0v) is 12.8. The minimum Gasteiger partial charge on any atom is -0.325 e. The van der Waals surface area contributed by atoms with Crippen LogP contribution in [-0.4, -0.2) is 17.4 Å². The molecule has 114 valence electrons. The monoisotopic (exact) mass is 324 g/mol. The third-order valence-electron chi connectivity index (χ3n) is 3.30. The third kappa shape index (κ3) is 3.30. The molecule has 0 aliphatic heterocycles. The number of aromatic nitrogens is 1. The van der Waals surface area contributed by atoms with E-state index in [1.165, 1.54) is 0 Å². The lowest BCUT2D eigenvalue weighted by atomic mass is 10.1. The molecule has 0 aliphatic carbocycles. The highest BCUT2D eigenvalue weighted by Gasteiger charge is 2.09. The first-order valence-corrected chi connectivity index (χ1v) is 7.26. The number of amides is 1. The van der Waals surface area contributed by atoms with E-state index in [9.17, 15) is 4.79 Å². The molecule has 23 heavy (non-hydrogen) atoms. The molecule has 0 saturated heterocycles. The molecule has 0 unspecified atom stereocenters. The second kappa shape index (κ2) is 6.46. The Hall–Kier alpha value is -2.92. The third-order valence-corrected chi connectivity index (χ3v) is 3.54. The van der Waals surface area contributed by atoms with Crippen molar-refractivity contribution >= 4 is 40.6 Å². The summed E-state index contributed by atoms with van der Waals surface area (Å²) < 4.78 is 0. The molecule has 0 spiro atoms. The zero-order valence-electron chi connectivity index (χ0n) is 12.0. The highest BCUT2D eigenvalue weighted by Crippen LogP contribution is 2.30. The van der Waals surface area contributed by atoms with Gasteiger partial charge in [0, 0.05) is 16.0 Å². The number of carbonyl (C=O) groups excluding carboxylic acids is 1. The number of nitrogens with one attached hydrogen (secondary N) is 3. The minimum absolute atomic E-state index is 0.119. The first kappa shape index (κ1) is 15.0. The molecular weight excluding hydrogens is 312 g/mol. The second-order valence-electron chi connectivity index (χ2n) is 4.84. The van der Waals surface area contributed by atoms with Crippen molar-refractivity contribution in [3.8, 4) is 11.3 Å². The van der Waals surface area contributed by atoms with E-state index in [0.717, 1.165) is 22.2 Å². The number of carbonyl (C=O) groups is 1. The molecule has 0 aliphatic rings. The van der Waals surface area contributed by atoms with Gasteiger partial charge >= 0.3 is 0 Å². The van der Waals surface area contributed by atoms with Crippen molar-refractivity contribution in [2.75, 3.05) is 5.32 Å². The quantitative estimate of drug-likeness (QED) is 0.391. The fourth-order valence-corrected chi connectivity index (χ4v) is 2.46.